The van der Waals surface area contributed by atoms with Crippen molar-refractivity contribution in [1.29, 1.82) is 0 Å². The van der Waals surface area contributed by atoms with Crippen LogP contribution < -0.4 is 0 Å². The Labute approximate surface area is 151 Å². The molecule has 6 rings (SSSR count). The van der Waals surface area contributed by atoms with Crippen LogP contribution in [0, 0.1) is 27.9 Å². The summed E-state index contributed by atoms with van der Waals surface area (Å²) < 4.78 is 7.09. The third-order valence-electron chi connectivity index (χ3n) is 6.88. The molecule has 1 aliphatic heterocycles. The minimum Gasteiger partial charge on any atom is -0.378 e. The summed E-state index contributed by atoms with van der Waals surface area (Å²) in [6.07, 6.45) is 8.54. The van der Waals surface area contributed by atoms with Crippen molar-refractivity contribution >= 4 is 11.6 Å². The topological polar surface area (TPSA) is 90.5 Å². The molecule has 5 aliphatic rings. The number of nitro groups is 1. The standard InChI is InChI=1S/C18H24N4O4/c23-17(20-1-3-26-4-2-20)16-15(22(24)25)11-21(19-16)18-8-12-5-13(9-18)7-14(6-12)10-18/h11-14H,1-10H2. The lowest BCUT2D eigenvalue weighted by Crippen LogP contribution is -2.52. The molecule has 0 unspecified atom stereocenters. The Balaban J connectivity index is 1.51. The van der Waals surface area contributed by atoms with E-state index in [1.165, 1.54) is 25.5 Å². The molecule has 1 amide bonds. The summed E-state index contributed by atoms with van der Waals surface area (Å²) in [5, 5.41) is 16.1. The fourth-order valence-corrected chi connectivity index (χ4v) is 6.16. The Bertz CT molecular complexity index is 717. The van der Waals surface area contributed by atoms with E-state index in [4.69, 9.17) is 4.74 Å². The van der Waals surface area contributed by atoms with Gasteiger partial charge in [0.1, 0.15) is 6.20 Å². The molecule has 5 fully saturated rings. The van der Waals surface area contributed by atoms with Gasteiger partial charge in [-0.25, -0.2) is 0 Å². The Morgan fingerprint density at radius 2 is 1.73 bits per heavy atom. The van der Waals surface area contributed by atoms with Gasteiger partial charge in [-0.15, -0.1) is 0 Å². The van der Waals surface area contributed by atoms with Crippen molar-refractivity contribution in [2.75, 3.05) is 26.3 Å². The first-order chi connectivity index (χ1) is 12.5. The lowest BCUT2D eigenvalue weighted by atomic mass is 9.53. The molecule has 0 atom stereocenters. The lowest BCUT2D eigenvalue weighted by Gasteiger charge is -2.56. The van der Waals surface area contributed by atoms with Crippen LogP contribution in [-0.2, 0) is 10.3 Å². The van der Waals surface area contributed by atoms with Crippen molar-refractivity contribution in [3.8, 4) is 0 Å². The molecule has 2 heterocycles. The minimum atomic E-state index is -0.461. The summed E-state index contributed by atoms with van der Waals surface area (Å²) in [6, 6.07) is 0. The summed E-state index contributed by atoms with van der Waals surface area (Å²) in [5.74, 6) is 1.79. The van der Waals surface area contributed by atoms with Crippen LogP contribution in [0.15, 0.2) is 6.20 Å². The van der Waals surface area contributed by atoms with Gasteiger partial charge in [0.25, 0.3) is 5.91 Å². The van der Waals surface area contributed by atoms with Gasteiger partial charge in [0, 0.05) is 13.1 Å². The van der Waals surface area contributed by atoms with Crippen LogP contribution in [0.2, 0.25) is 0 Å². The molecule has 8 nitrogen and oxygen atoms in total. The third-order valence-corrected chi connectivity index (χ3v) is 6.88. The Morgan fingerprint density at radius 1 is 1.15 bits per heavy atom. The molecule has 1 aromatic rings. The van der Waals surface area contributed by atoms with E-state index in [2.05, 4.69) is 5.10 Å². The molecule has 1 saturated heterocycles. The maximum absolute atomic E-state index is 12.9. The highest BCUT2D eigenvalue weighted by Gasteiger charge is 2.53. The second kappa shape index (κ2) is 5.77. The molecule has 8 heteroatoms. The molecule has 4 saturated carbocycles. The Morgan fingerprint density at radius 3 is 2.27 bits per heavy atom. The minimum absolute atomic E-state index is 0.00681. The monoisotopic (exact) mass is 360 g/mol. The number of morpholine rings is 1. The maximum atomic E-state index is 12.9. The quantitative estimate of drug-likeness (QED) is 0.609. The van der Waals surface area contributed by atoms with Crippen LogP contribution in [0.5, 0.6) is 0 Å². The fraction of sp³-hybridized carbons (Fsp3) is 0.778. The zero-order chi connectivity index (χ0) is 17.9. The molecular formula is C18H24N4O4. The lowest BCUT2D eigenvalue weighted by molar-refractivity contribution is -0.385. The van der Waals surface area contributed by atoms with Crippen LogP contribution in [0.25, 0.3) is 0 Å². The van der Waals surface area contributed by atoms with Gasteiger partial charge < -0.3 is 9.64 Å². The van der Waals surface area contributed by atoms with E-state index in [-0.39, 0.29) is 22.8 Å². The summed E-state index contributed by atoms with van der Waals surface area (Å²) >= 11 is 0. The van der Waals surface area contributed by atoms with Gasteiger partial charge in [0.15, 0.2) is 0 Å². The van der Waals surface area contributed by atoms with Gasteiger partial charge in [-0.1, -0.05) is 0 Å². The number of carbonyl (C=O) groups excluding carboxylic acids is 1. The first-order valence-corrected chi connectivity index (χ1v) is 9.66. The van der Waals surface area contributed by atoms with Crippen molar-refractivity contribution in [1.82, 2.24) is 14.7 Å². The Kier molecular flexibility index (Phi) is 3.60. The summed E-state index contributed by atoms with van der Waals surface area (Å²) in [5.41, 5.74) is -0.284. The van der Waals surface area contributed by atoms with Crippen molar-refractivity contribution in [2.24, 2.45) is 17.8 Å². The molecule has 140 valence electrons. The zero-order valence-corrected chi connectivity index (χ0v) is 14.8. The van der Waals surface area contributed by atoms with Crippen molar-refractivity contribution < 1.29 is 14.5 Å². The smallest absolute Gasteiger partial charge is 0.320 e. The summed E-state index contributed by atoms with van der Waals surface area (Å²) in [4.78, 5) is 25.6. The fourth-order valence-electron chi connectivity index (χ4n) is 6.16. The SMILES string of the molecule is O=C(c1nn(C23CC4CC(CC(C4)C2)C3)cc1[N+](=O)[O-])N1CCOCC1. The first-order valence-electron chi connectivity index (χ1n) is 9.66. The highest BCUT2D eigenvalue weighted by atomic mass is 16.6. The van der Waals surface area contributed by atoms with Gasteiger partial charge in [0.05, 0.1) is 23.7 Å². The van der Waals surface area contributed by atoms with Crippen molar-refractivity contribution in [3.05, 3.63) is 22.0 Å². The molecular weight excluding hydrogens is 336 g/mol. The van der Waals surface area contributed by atoms with Gasteiger partial charge in [-0.3, -0.25) is 19.6 Å². The zero-order valence-electron chi connectivity index (χ0n) is 14.8. The van der Waals surface area contributed by atoms with E-state index >= 15 is 0 Å². The molecule has 0 radical (unpaired) electrons. The third kappa shape index (κ3) is 2.46. The number of hydrogen-bond donors (Lipinski definition) is 0. The number of aromatic nitrogens is 2. The number of hydrogen-bond acceptors (Lipinski definition) is 5. The van der Waals surface area contributed by atoms with Gasteiger partial charge >= 0.3 is 5.69 Å². The normalized spacial score (nSPS) is 35.7. The predicted molar refractivity (Wildman–Crippen MR) is 91.7 cm³/mol. The second-order valence-electron chi connectivity index (χ2n) is 8.61. The van der Waals surface area contributed by atoms with Gasteiger partial charge in [-0.05, 0) is 56.3 Å². The molecule has 0 aromatic carbocycles. The van der Waals surface area contributed by atoms with E-state index in [9.17, 15) is 14.9 Å². The van der Waals surface area contributed by atoms with E-state index in [1.807, 2.05) is 4.68 Å². The van der Waals surface area contributed by atoms with E-state index in [1.54, 1.807) is 4.90 Å². The predicted octanol–water partition coefficient (Wildman–Crippen LogP) is 2.19. The molecule has 26 heavy (non-hydrogen) atoms. The average molecular weight is 360 g/mol. The number of ether oxygens (including phenoxy) is 1. The van der Waals surface area contributed by atoms with Crippen LogP contribution in [0.1, 0.15) is 49.0 Å². The van der Waals surface area contributed by atoms with Crippen LogP contribution in [-0.4, -0.2) is 51.8 Å². The maximum Gasteiger partial charge on any atom is 0.320 e. The van der Waals surface area contributed by atoms with E-state index < -0.39 is 4.92 Å². The van der Waals surface area contributed by atoms with Crippen molar-refractivity contribution in [2.45, 2.75) is 44.1 Å². The molecule has 0 N–H and O–H groups in total. The molecule has 4 bridgehead atoms. The number of amides is 1. The van der Waals surface area contributed by atoms with Crippen LogP contribution in [0.3, 0.4) is 0 Å². The largest absolute Gasteiger partial charge is 0.378 e. The van der Waals surface area contributed by atoms with Crippen molar-refractivity contribution in [3.63, 3.8) is 0 Å². The summed E-state index contributed by atoms with van der Waals surface area (Å²) in [7, 11) is 0. The molecule has 0 spiro atoms. The van der Waals surface area contributed by atoms with Crippen LogP contribution in [0.4, 0.5) is 5.69 Å². The highest BCUT2D eigenvalue weighted by molar-refractivity contribution is 5.96. The van der Waals surface area contributed by atoms with E-state index in [0.717, 1.165) is 19.3 Å². The van der Waals surface area contributed by atoms with E-state index in [0.29, 0.717) is 44.1 Å². The average Bonchev–Trinajstić information content (AvgIpc) is 3.07. The van der Waals surface area contributed by atoms with Crippen LogP contribution >= 0.6 is 0 Å². The van der Waals surface area contributed by atoms with Gasteiger partial charge in [-0.2, -0.15) is 5.10 Å². The number of nitrogens with zero attached hydrogens (tertiary/aromatic N) is 4. The first kappa shape index (κ1) is 16.2. The number of carbonyl (C=O) groups is 1. The molecule has 4 aliphatic carbocycles. The highest BCUT2D eigenvalue weighted by Crippen LogP contribution is 2.58. The number of rotatable bonds is 3. The second-order valence-corrected chi connectivity index (χ2v) is 8.61. The Hall–Kier alpha value is -1.96. The summed E-state index contributed by atoms with van der Waals surface area (Å²) in [6.45, 7) is 1.85. The molecule has 1 aromatic heterocycles. The van der Waals surface area contributed by atoms with Gasteiger partial charge in [0.2, 0.25) is 5.69 Å².